The van der Waals surface area contributed by atoms with Gasteiger partial charge in [0.1, 0.15) is 5.54 Å². The summed E-state index contributed by atoms with van der Waals surface area (Å²) in [6.07, 6.45) is 4.11. The maximum Gasteiger partial charge on any atom is 0.310 e. The van der Waals surface area contributed by atoms with E-state index in [2.05, 4.69) is 6.07 Å². The van der Waals surface area contributed by atoms with Crippen LogP contribution in [0.2, 0.25) is 0 Å². The van der Waals surface area contributed by atoms with E-state index in [4.69, 9.17) is 18.9 Å². The number of nitrogens with zero attached hydrogens (tertiary/aromatic N) is 2. The lowest BCUT2D eigenvalue weighted by Crippen LogP contribution is -2.51. The molecule has 0 aliphatic heterocycles. The van der Waals surface area contributed by atoms with Crippen LogP contribution >= 0.6 is 0 Å². The van der Waals surface area contributed by atoms with Gasteiger partial charge in [0.25, 0.3) is 5.91 Å². The van der Waals surface area contributed by atoms with Crippen LogP contribution in [0.3, 0.4) is 0 Å². The van der Waals surface area contributed by atoms with Gasteiger partial charge in [0.2, 0.25) is 5.75 Å². The number of benzene rings is 1. The molecule has 0 spiro atoms. The van der Waals surface area contributed by atoms with Gasteiger partial charge in [-0.2, -0.15) is 5.26 Å². The molecule has 1 amide bonds. The molecule has 0 N–H and O–H groups in total. The molecular formula is C21H28N2O6. The Bertz CT molecular complexity index is 755. The smallest absolute Gasteiger partial charge is 0.310 e. The second kappa shape index (κ2) is 10.0. The topological polar surface area (TPSA) is 98.1 Å². The third-order valence-electron chi connectivity index (χ3n) is 5.33. The minimum Gasteiger partial charge on any atom is -0.493 e. The normalized spacial score (nSPS) is 15.0. The largest absolute Gasteiger partial charge is 0.493 e. The first-order valence-corrected chi connectivity index (χ1v) is 9.53. The predicted octanol–water partition coefficient (Wildman–Crippen LogP) is 2.48. The SMILES string of the molecule is COc1cc(CC(=O)OCC(=O)N(C)C2(C#N)CCCCC2)cc(OC)c1OC. The molecule has 1 aliphatic rings. The average Bonchev–Trinajstić information content (AvgIpc) is 2.76. The van der Waals surface area contributed by atoms with Crippen molar-refractivity contribution in [1.29, 1.82) is 5.26 Å². The monoisotopic (exact) mass is 404 g/mol. The van der Waals surface area contributed by atoms with Crippen molar-refractivity contribution in [2.75, 3.05) is 35.0 Å². The van der Waals surface area contributed by atoms with Gasteiger partial charge in [0, 0.05) is 7.05 Å². The van der Waals surface area contributed by atoms with Crippen molar-refractivity contribution in [2.24, 2.45) is 0 Å². The van der Waals surface area contributed by atoms with Crippen LogP contribution in [0.5, 0.6) is 17.2 Å². The Kier molecular flexibility index (Phi) is 7.71. The van der Waals surface area contributed by atoms with Crippen LogP contribution in [0.1, 0.15) is 37.7 Å². The number of amides is 1. The third kappa shape index (κ3) is 5.11. The lowest BCUT2D eigenvalue weighted by Gasteiger charge is -2.38. The molecule has 2 rings (SSSR count). The number of ether oxygens (including phenoxy) is 4. The minimum absolute atomic E-state index is 0.0584. The Morgan fingerprint density at radius 2 is 1.66 bits per heavy atom. The van der Waals surface area contributed by atoms with Gasteiger partial charge in [-0.3, -0.25) is 9.59 Å². The van der Waals surface area contributed by atoms with Gasteiger partial charge in [0.05, 0.1) is 33.8 Å². The Morgan fingerprint density at radius 1 is 1.07 bits per heavy atom. The van der Waals surface area contributed by atoms with E-state index in [1.54, 1.807) is 19.2 Å². The van der Waals surface area contributed by atoms with Crippen LogP contribution in [0.15, 0.2) is 12.1 Å². The zero-order chi connectivity index (χ0) is 21.4. The van der Waals surface area contributed by atoms with Crippen molar-refractivity contribution in [3.63, 3.8) is 0 Å². The summed E-state index contributed by atoms with van der Waals surface area (Å²) in [6, 6.07) is 5.60. The van der Waals surface area contributed by atoms with Crippen LogP contribution in [0.4, 0.5) is 0 Å². The molecule has 0 heterocycles. The minimum atomic E-state index is -0.807. The van der Waals surface area contributed by atoms with E-state index in [1.807, 2.05) is 0 Å². The zero-order valence-electron chi connectivity index (χ0n) is 17.4. The van der Waals surface area contributed by atoms with E-state index in [0.29, 0.717) is 35.7 Å². The standard InChI is InChI=1S/C21H28N2O6/c1-23(21(14-22)8-6-5-7-9-21)18(24)13-29-19(25)12-15-10-16(26-2)20(28-4)17(11-15)27-3/h10-11H,5-9,12-13H2,1-4H3. The number of esters is 1. The van der Waals surface area contributed by atoms with Crippen molar-refractivity contribution < 1.29 is 28.5 Å². The summed E-state index contributed by atoms with van der Waals surface area (Å²) < 4.78 is 21.0. The molecular weight excluding hydrogens is 376 g/mol. The maximum atomic E-state index is 12.5. The molecule has 0 radical (unpaired) electrons. The van der Waals surface area contributed by atoms with Crippen molar-refractivity contribution in [1.82, 2.24) is 4.90 Å². The van der Waals surface area contributed by atoms with Gasteiger partial charge < -0.3 is 23.8 Å². The highest BCUT2D eigenvalue weighted by Gasteiger charge is 2.39. The summed E-state index contributed by atoms with van der Waals surface area (Å²) in [4.78, 5) is 26.2. The number of rotatable bonds is 8. The fraction of sp³-hybridized carbons (Fsp3) is 0.571. The Balaban J connectivity index is 1.99. The average molecular weight is 404 g/mol. The molecule has 1 aromatic rings. The Hall–Kier alpha value is -2.95. The van der Waals surface area contributed by atoms with Crippen LogP contribution in [0.25, 0.3) is 0 Å². The fourth-order valence-electron chi connectivity index (χ4n) is 3.59. The molecule has 158 valence electrons. The molecule has 1 aliphatic carbocycles. The molecule has 0 unspecified atom stereocenters. The molecule has 1 saturated carbocycles. The molecule has 1 fully saturated rings. The van der Waals surface area contributed by atoms with Gasteiger partial charge in [-0.25, -0.2) is 0 Å². The second-order valence-corrected chi connectivity index (χ2v) is 7.03. The van der Waals surface area contributed by atoms with Gasteiger partial charge in [-0.15, -0.1) is 0 Å². The highest BCUT2D eigenvalue weighted by atomic mass is 16.5. The molecule has 0 bridgehead atoms. The summed E-state index contributed by atoms with van der Waals surface area (Å²) in [5.41, 5.74) is -0.204. The molecule has 0 atom stereocenters. The van der Waals surface area contributed by atoms with Crippen LogP contribution in [-0.2, 0) is 20.7 Å². The Labute approximate surface area is 171 Å². The number of methoxy groups -OCH3 is 3. The number of likely N-dealkylation sites (N-methyl/N-ethyl adjacent to an activating group) is 1. The summed E-state index contributed by atoms with van der Waals surface area (Å²) in [7, 11) is 6.08. The number of hydrogen-bond acceptors (Lipinski definition) is 7. The maximum absolute atomic E-state index is 12.5. The zero-order valence-corrected chi connectivity index (χ0v) is 17.4. The van der Waals surface area contributed by atoms with Crippen molar-refractivity contribution >= 4 is 11.9 Å². The van der Waals surface area contributed by atoms with Gasteiger partial charge >= 0.3 is 5.97 Å². The lowest BCUT2D eigenvalue weighted by molar-refractivity contribution is -0.153. The Morgan fingerprint density at radius 3 is 2.14 bits per heavy atom. The van der Waals surface area contributed by atoms with Crippen LogP contribution in [0, 0.1) is 11.3 Å². The number of hydrogen-bond donors (Lipinski definition) is 0. The third-order valence-corrected chi connectivity index (χ3v) is 5.33. The van der Waals surface area contributed by atoms with Crippen molar-refractivity contribution in [2.45, 2.75) is 44.1 Å². The summed E-state index contributed by atoms with van der Waals surface area (Å²) in [6.45, 7) is -0.400. The quantitative estimate of drug-likeness (QED) is 0.614. The summed E-state index contributed by atoms with van der Waals surface area (Å²) in [5.74, 6) is 0.345. The highest BCUT2D eigenvalue weighted by Crippen LogP contribution is 2.38. The predicted molar refractivity (Wildman–Crippen MR) is 105 cm³/mol. The van der Waals surface area contributed by atoms with Gasteiger partial charge in [0.15, 0.2) is 18.1 Å². The molecule has 1 aromatic carbocycles. The fourth-order valence-corrected chi connectivity index (χ4v) is 3.59. The van der Waals surface area contributed by atoms with E-state index >= 15 is 0 Å². The molecule has 0 aromatic heterocycles. The van der Waals surface area contributed by atoms with Crippen LogP contribution in [-0.4, -0.2) is 57.3 Å². The molecule has 0 saturated heterocycles. The lowest BCUT2D eigenvalue weighted by atomic mass is 9.81. The first kappa shape index (κ1) is 22.3. The van der Waals surface area contributed by atoms with Crippen LogP contribution < -0.4 is 14.2 Å². The summed E-state index contributed by atoms with van der Waals surface area (Å²) in [5, 5.41) is 9.59. The van der Waals surface area contributed by atoms with Crippen molar-refractivity contribution in [3.8, 4) is 23.3 Å². The van der Waals surface area contributed by atoms with Gasteiger partial charge in [-0.05, 0) is 30.5 Å². The van der Waals surface area contributed by atoms with E-state index in [9.17, 15) is 14.9 Å². The first-order valence-electron chi connectivity index (χ1n) is 9.53. The van der Waals surface area contributed by atoms with E-state index in [1.165, 1.54) is 26.2 Å². The van der Waals surface area contributed by atoms with E-state index in [0.717, 1.165) is 19.3 Å². The number of carbonyl (C=O) groups is 2. The first-order chi connectivity index (χ1) is 13.9. The number of carbonyl (C=O) groups excluding carboxylic acids is 2. The number of nitriles is 1. The second-order valence-electron chi connectivity index (χ2n) is 7.03. The van der Waals surface area contributed by atoms with Crippen molar-refractivity contribution in [3.05, 3.63) is 17.7 Å². The molecule has 29 heavy (non-hydrogen) atoms. The van der Waals surface area contributed by atoms with E-state index < -0.39 is 18.1 Å². The van der Waals surface area contributed by atoms with Gasteiger partial charge in [-0.1, -0.05) is 19.3 Å². The van der Waals surface area contributed by atoms with E-state index in [-0.39, 0.29) is 12.3 Å². The molecule has 8 nitrogen and oxygen atoms in total. The summed E-state index contributed by atoms with van der Waals surface area (Å²) >= 11 is 0. The molecule has 8 heteroatoms. The highest BCUT2D eigenvalue weighted by molar-refractivity contribution is 5.82.